The van der Waals surface area contributed by atoms with E-state index in [0.29, 0.717) is 19.5 Å². The standard InChI is InChI=1S/C8H15N3O/c1-3-11(6-4-5-9)7-8(12)10-2/h3-4,6-7H2,1-2H3,(H,10,12). The van der Waals surface area contributed by atoms with E-state index in [1.165, 1.54) is 0 Å². The quantitative estimate of drug-likeness (QED) is 0.628. The van der Waals surface area contributed by atoms with Crippen molar-refractivity contribution in [2.24, 2.45) is 0 Å². The predicted molar refractivity (Wildman–Crippen MR) is 46.4 cm³/mol. The summed E-state index contributed by atoms with van der Waals surface area (Å²) in [5.74, 6) is -0.00482. The maximum atomic E-state index is 10.9. The molecule has 0 aliphatic heterocycles. The minimum absolute atomic E-state index is 0.00482. The zero-order valence-electron chi connectivity index (χ0n) is 7.63. The van der Waals surface area contributed by atoms with Gasteiger partial charge in [0.15, 0.2) is 0 Å². The minimum atomic E-state index is -0.00482. The molecular weight excluding hydrogens is 154 g/mol. The molecule has 0 fully saturated rings. The van der Waals surface area contributed by atoms with E-state index in [-0.39, 0.29) is 5.91 Å². The predicted octanol–water partition coefficient (Wildman–Crippen LogP) is -0.0320. The summed E-state index contributed by atoms with van der Waals surface area (Å²) in [4.78, 5) is 12.8. The average Bonchev–Trinajstić information content (AvgIpc) is 2.11. The van der Waals surface area contributed by atoms with Gasteiger partial charge >= 0.3 is 0 Å². The SMILES string of the molecule is CCN(CCC#N)CC(=O)NC. The highest BCUT2D eigenvalue weighted by molar-refractivity contribution is 5.77. The second-order valence-electron chi connectivity index (χ2n) is 2.45. The van der Waals surface area contributed by atoms with Crippen molar-refractivity contribution in [2.45, 2.75) is 13.3 Å². The summed E-state index contributed by atoms with van der Waals surface area (Å²) in [7, 11) is 1.61. The molecule has 0 saturated carbocycles. The maximum Gasteiger partial charge on any atom is 0.233 e. The molecule has 0 atom stereocenters. The smallest absolute Gasteiger partial charge is 0.233 e. The van der Waals surface area contributed by atoms with Crippen molar-refractivity contribution >= 4 is 5.91 Å². The summed E-state index contributed by atoms with van der Waals surface area (Å²) in [6, 6.07) is 2.05. The van der Waals surface area contributed by atoms with Crippen LogP contribution in [0.3, 0.4) is 0 Å². The van der Waals surface area contributed by atoms with Gasteiger partial charge in [-0.1, -0.05) is 6.92 Å². The average molecular weight is 169 g/mol. The summed E-state index contributed by atoms with van der Waals surface area (Å²) in [5, 5.41) is 10.9. The number of carbonyl (C=O) groups excluding carboxylic acids is 1. The molecule has 1 N–H and O–H groups in total. The van der Waals surface area contributed by atoms with Gasteiger partial charge < -0.3 is 5.32 Å². The summed E-state index contributed by atoms with van der Waals surface area (Å²) < 4.78 is 0. The van der Waals surface area contributed by atoms with Crippen LogP contribution < -0.4 is 5.32 Å². The highest BCUT2D eigenvalue weighted by atomic mass is 16.1. The zero-order chi connectivity index (χ0) is 9.40. The molecule has 0 bridgehead atoms. The molecule has 0 aromatic carbocycles. The fourth-order valence-corrected chi connectivity index (χ4v) is 0.839. The normalized spacial score (nSPS) is 9.50. The van der Waals surface area contributed by atoms with Crippen LogP contribution in [0.5, 0.6) is 0 Å². The lowest BCUT2D eigenvalue weighted by molar-refractivity contribution is -0.121. The van der Waals surface area contributed by atoms with Crippen molar-refractivity contribution in [1.82, 2.24) is 10.2 Å². The Morgan fingerprint density at radius 2 is 2.33 bits per heavy atom. The van der Waals surface area contributed by atoms with E-state index in [2.05, 4.69) is 11.4 Å². The van der Waals surface area contributed by atoms with Crippen LogP contribution in [0.25, 0.3) is 0 Å². The Hall–Kier alpha value is -1.08. The Bertz CT molecular complexity index is 174. The third-order valence-corrected chi connectivity index (χ3v) is 1.63. The molecule has 0 heterocycles. The monoisotopic (exact) mass is 169 g/mol. The van der Waals surface area contributed by atoms with Crippen molar-refractivity contribution in [3.05, 3.63) is 0 Å². The topological polar surface area (TPSA) is 56.1 Å². The fraction of sp³-hybridized carbons (Fsp3) is 0.750. The van der Waals surface area contributed by atoms with Gasteiger partial charge in [0.2, 0.25) is 5.91 Å². The summed E-state index contributed by atoms with van der Waals surface area (Å²) in [5.41, 5.74) is 0. The van der Waals surface area contributed by atoms with E-state index in [9.17, 15) is 4.79 Å². The van der Waals surface area contributed by atoms with E-state index in [4.69, 9.17) is 5.26 Å². The van der Waals surface area contributed by atoms with Gasteiger partial charge in [-0.05, 0) is 6.54 Å². The van der Waals surface area contributed by atoms with Crippen LogP contribution in [0.15, 0.2) is 0 Å². The number of hydrogen-bond acceptors (Lipinski definition) is 3. The lowest BCUT2D eigenvalue weighted by Crippen LogP contribution is -2.35. The molecule has 0 spiro atoms. The lowest BCUT2D eigenvalue weighted by Gasteiger charge is -2.17. The summed E-state index contributed by atoms with van der Waals surface area (Å²) in [6.07, 6.45) is 0.477. The number of likely N-dealkylation sites (N-methyl/N-ethyl adjacent to an activating group) is 2. The van der Waals surface area contributed by atoms with Crippen LogP contribution in [-0.4, -0.2) is 37.5 Å². The van der Waals surface area contributed by atoms with Gasteiger partial charge in [-0.2, -0.15) is 5.26 Å². The fourth-order valence-electron chi connectivity index (χ4n) is 0.839. The Morgan fingerprint density at radius 1 is 1.67 bits per heavy atom. The van der Waals surface area contributed by atoms with E-state index in [1.54, 1.807) is 7.05 Å². The van der Waals surface area contributed by atoms with E-state index in [0.717, 1.165) is 6.54 Å². The number of nitrogens with zero attached hydrogens (tertiary/aromatic N) is 2. The van der Waals surface area contributed by atoms with Crippen LogP contribution in [0.2, 0.25) is 0 Å². The molecule has 0 unspecified atom stereocenters. The van der Waals surface area contributed by atoms with Gasteiger partial charge in [0.05, 0.1) is 12.6 Å². The molecule has 0 saturated heterocycles. The molecule has 0 rings (SSSR count). The lowest BCUT2D eigenvalue weighted by atomic mass is 10.4. The number of hydrogen-bond donors (Lipinski definition) is 1. The van der Waals surface area contributed by atoms with Crippen molar-refractivity contribution in [2.75, 3.05) is 26.7 Å². The van der Waals surface area contributed by atoms with Crippen LogP contribution in [0.1, 0.15) is 13.3 Å². The van der Waals surface area contributed by atoms with Crippen LogP contribution in [0, 0.1) is 11.3 Å². The first kappa shape index (κ1) is 10.9. The molecule has 68 valence electrons. The zero-order valence-corrected chi connectivity index (χ0v) is 7.63. The van der Waals surface area contributed by atoms with Crippen molar-refractivity contribution in [1.29, 1.82) is 5.26 Å². The molecule has 0 aromatic heterocycles. The van der Waals surface area contributed by atoms with Crippen LogP contribution >= 0.6 is 0 Å². The van der Waals surface area contributed by atoms with E-state index < -0.39 is 0 Å². The molecule has 1 amide bonds. The number of nitriles is 1. The molecule has 0 radical (unpaired) electrons. The van der Waals surface area contributed by atoms with Crippen molar-refractivity contribution in [3.63, 3.8) is 0 Å². The van der Waals surface area contributed by atoms with Crippen LogP contribution in [-0.2, 0) is 4.79 Å². The van der Waals surface area contributed by atoms with Crippen molar-refractivity contribution < 1.29 is 4.79 Å². The van der Waals surface area contributed by atoms with Gasteiger partial charge in [-0.3, -0.25) is 9.69 Å². The van der Waals surface area contributed by atoms with Crippen molar-refractivity contribution in [3.8, 4) is 6.07 Å². The first-order valence-corrected chi connectivity index (χ1v) is 4.04. The maximum absolute atomic E-state index is 10.9. The molecule has 0 aromatic rings. The van der Waals surface area contributed by atoms with Gasteiger partial charge in [0, 0.05) is 20.0 Å². The number of rotatable bonds is 5. The second kappa shape index (κ2) is 6.62. The molecule has 4 heteroatoms. The third kappa shape index (κ3) is 4.69. The number of nitrogens with one attached hydrogen (secondary N) is 1. The van der Waals surface area contributed by atoms with Gasteiger partial charge in [-0.25, -0.2) is 0 Å². The molecule has 0 aliphatic rings. The number of amides is 1. The van der Waals surface area contributed by atoms with Gasteiger partial charge in [-0.15, -0.1) is 0 Å². The minimum Gasteiger partial charge on any atom is -0.358 e. The number of carbonyl (C=O) groups is 1. The Balaban J connectivity index is 3.68. The van der Waals surface area contributed by atoms with E-state index >= 15 is 0 Å². The third-order valence-electron chi connectivity index (χ3n) is 1.63. The largest absolute Gasteiger partial charge is 0.358 e. The summed E-state index contributed by atoms with van der Waals surface area (Å²) in [6.45, 7) is 3.82. The first-order chi connectivity index (χ1) is 5.74. The summed E-state index contributed by atoms with van der Waals surface area (Å²) >= 11 is 0. The Labute approximate surface area is 73.2 Å². The Morgan fingerprint density at radius 3 is 2.75 bits per heavy atom. The highest BCUT2D eigenvalue weighted by Crippen LogP contribution is 1.89. The van der Waals surface area contributed by atoms with Crippen LogP contribution in [0.4, 0.5) is 0 Å². The molecular formula is C8H15N3O. The first-order valence-electron chi connectivity index (χ1n) is 4.04. The van der Waals surface area contributed by atoms with Gasteiger partial charge in [0.25, 0.3) is 0 Å². The highest BCUT2D eigenvalue weighted by Gasteiger charge is 2.05. The van der Waals surface area contributed by atoms with Gasteiger partial charge in [0.1, 0.15) is 0 Å². The molecule has 4 nitrogen and oxygen atoms in total. The molecule has 12 heavy (non-hydrogen) atoms. The molecule has 0 aliphatic carbocycles. The Kier molecular flexibility index (Phi) is 6.02. The second-order valence-corrected chi connectivity index (χ2v) is 2.45. The van der Waals surface area contributed by atoms with E-state index in [1.807, 2.05) is 11.8 Å².